The highest BCUT2D eigenvalue weighted by molar-refractivity contribution is 7.09. The third-order valence-corrected chi connectivity index (χ3v) is 6.29. The van der Waals surface area contributed by atoms with Gasteiger partial charge in [0.1, 0.15) is 23.2 Å². The van der Waals surface area contributed by atoms with Crippen molar-refractivity contribution in [3.63, 3.8) is 0 Å². The summed E-state index contributed by atoms with van der Waals surface area (Å²) in [7, 11) is 0. The van der Waals surface area contributed by atoms with Crippen molar-refractivity contribution in [3.05, 3.63) is 58.6 Å². The van der Waals surface area contributed by atoms with Crippen molar-refractivity contribution in [2.75, 3.05) is 30.6 Å². The van der Waals surface area contributed by atoms with Crippen molar-refractivity contribution in [1.29, 1.82) is 0 Å². The van der Waals surface area contributed by atoms with Gasteiger partial charge in [-0.25, -0.2) is 0 Å². The quantitative estimate of drug-likeness (QED) is 0.287. The molecule has 3 aromatic rings. The summed E-state index contributed by atoms with van der Waals surface area (Å²) in [6, 6.07) is 8.79. The van der Waals surface area contributed by atoms with Gasteiger partial charge >= 0.3 is 5.97 Å². The molecule has 13 nitrogen and oxygen atoms in total. The van der Waals surface area contributed by atoms with E-state index in [0.29, 0.717) is 23.0 Å². The van der Waals surface area contributed by atoms with E-state index in [-0.39, 0.29) is 46.7 Å². The fraction of sp³-hybridized carbons (Fsp3) is 0.208. The predicted molar refractivity (Wildman–Crippen MR) is 135 cm³/mol. The van der Waals surface area contributed by atoms with Crippen molar-refractivity contribution in [1.82, 2.24) is 9.69 Å². The highest BCUT2D eigenvalue weighted by Crippen LogP contribution is 2.39. The van der Waals surface area contributed by atoms with Gasteiger partial charge in [0.05, 0.1) is 12.3 Å². The Balaban J connectivity index is 1.84. The number of aromatic nitrogens is 1. The molecule has 1 aromatic heterocycles. The minimum Gasteiger partial charge on any atom is -0.508 e. The van der Waals surface area contributed by atoms with Crippen LogP contribution in [0.4, 0.5) is 11.4 Å². The number of anilines is 2. The molecule has 2 aromatic carbocycles. The monoisotopic (exact) mass is 541 g/mol. The van der Waals surface area contributed by atoms with Gasteiger partial charge in [-0.3, -0.25) is 24.1 Å². The smallest absolute Gasteiger partial charge is 0.325 e. The van der Waals surface area contributed by atoms with Crippen molar-refractivity contribution in [2.45, 2.75) is 13.0 Å². The number of nitrogen functional groups attached to an aromatic ring is 1. The molecule has 0 saturated carbocycles. The van der Waals surface area contributed by atoms with Gasteiger partial charge in [-0.2, -0.15) is 4.37 Å². The molecule has 0 spiro atoms. The minimum absolute atomic E-state index is 0.0298. The van der Waals surface area contributed by atoms with E-state index in [9.17, 15) is 24.3 Å². The third-order valence-electron chi connectivity index (χ3n) is 5.44. The van der Waals surface area contributed by atoms with Crippen LogP contribution >= 0.6 is 11.5 Å². The first kappa shape index (κ1) is 26.2. The number of phenolic OH excluding ortho intramolecular Hbond substituents is 1. The van der Waals surface area contributed by atoms with Gasteiger partial charge in [-0.15, -0.1) is 0 Å². The highest BCUT2D eigenvalue weighted by atomic mass is 32.1. The summed E-state index contributed by atoms with van der Waals surface area (Å²) in [6.45, 7) is 1.25. The van der Waals surface area contributed by atoms with E-state index in [4.69, 9.17) is 25.7 Å². The first-order chi connectivity index (χ1) is 18.2. The number of hydrogen-bond donors (Lipinski definition) is 4. The first-order valence-corrected chi connectivity index (χ1v) is 12.0. The summed E-state index contributed by atoms with van der Waals surface area (Å²) in [5.74, 6) is -2.44. The second kappa shape index (κ2) is 11.0. The van der Waals surface area contributed by atoms with E-state index < -0.39 is 36.3 Å². The average Bonchev–Trinajstić information content (AvgIpc) is 3.52. The fourth-order valence-corrected chi connectivity index (χ4v) is 4.44. The number of rotatable bonds is 9. The summed E-state index contributed by atoms with van der Waals surface area (Å²) in [5.41, 5.74) is 11.3. The summed E-state index contributed by atoms with van der Waals surface area (Å²) >= 11 is 0.644. The molecule has 6 N–H and O–H groups in total. The number of hydrogen-bond acceptors (Lipinski definition) is 11. The Morgan fingerprint density at radius 3 is 2.53 bits per heavy atom. The number of carbonyl (C=O) groups is 4. The van der Waals surface area contributed by atoms with Crippen LogP contribution in [0.25, 0.3) is 0 Å². The number of nitrogens with two attached hydrogens (primary N) is 2. The van der Waals surface area contributed by atoms with Gasteiger partial charge < -0.3 is 36.1 Å². The van der Waals surface area contributed by atoms with Crippen LogP contribution in [0.2, 0.25) is 0 Å². The first-order valence-electron chi connectivity index (χ1n) is 11.2. The molecule has 198 valence electrons. The lowest BCUT2D eigenvalue weighted by molar-refractivity contribution is -0.143. The zero-order valence-electron chi connectivity index (χ0n) is 20.0. The molecule has 0 radical (unpaired) electrons. The maximum Gasteiger partial charge on any atom is 0.325 e. The highest BCUT2D eigenvalue weighted by Gasteiger charge is 2.37. The number of fused-ring (bicyclic) bond motifs is 1. The van der Waals surface area contributed by atoms with Gasteiger partial charge in [0.25, 0.3) is 11.8 Å². The standard InChI is InChI=1S/C24H23N5O8S/c1-2-35-17(31)10-27-23(33)20(12-3-6-14(30)7-4-12)29(13-5-8-15-16(9-13)37-11-36-15)24(34)21-18(25)19(22(26)32)28-38-21/h3-9,20,30H,2,10-11,25H2,1H3,(H2,26,32)(H,27,33)/t20-/m1/s1. The molecule has 14 heteroatoms. The SMILES string of the molecule is CCOC(=O)CNC(=O)[C@@H](c1ccc(O)cc1)N(C(=O)c1snc(C(N)=O)c1N)c1ccc2c(c1)OCO2. The van der Waals surface area contributed by atoms with Crippen molar-refractivity contribution in [2.24, 2.45) is 5.73 Å². The second-order valence-electron chi connectivity index (χ2n) is 7.87. The predicted octanol–water partition coefficient (Wildman–Crippen LogP) is 1.33. The van der Waals surface area contributed by atoms with E-state index in [1.807, 2.05) is 0 Å². The largest absolute Gasteiger partial charge is 0.508 e. The number of nitrogens with one attached hydrogen (secondary N) is 1. The van der Waals surface area contributed by atoms with Crippen molar-refractivity contribution >= 4 is 46.6 Å². The molecule has 1 aliphatic rings. The number of aromatic hydroxyl groups is 1. The van der Waals surface area contributed by atoms with E-state index in [0.717, 1.165) is 4.90 Å². The molecular formula is C24H23N5O8S. The third kappa shape index (κ3) is 5.29. The normalized spacial score (nSPS) is 12.4. The van der Waals surface area contributed by atoms with Crippen molar-refractivity contribution < 1.29 is 38.5 Å². The number of benzene rings is 2. The number of nitrogens with zero attached hydrogens (tertiary/aromatic N) is 2. The lowest BCUT2D eigenvalue weighted by atomic mass is 10.0. The summed E-state index contributed by atoms with van der Waals surface area (Å²) in [6.07, 6.45) is 0. The van der Waals surface area contributed by atoms with E-state index in [1.54, 1.807) is 13.0 Å². The fourth-order valence-electron chi connectivity index (χ4n) is 3.70. The Morgan fingerprint density at radius 1 is 1.16 bits per heavy atom. The van der Waals surface area contributed by atoms with Gasteiger partial charge in [-0.1, -0.05) is 12.1 Å². The Labute approximate surface area is 220 Å². The zero-order valence-corrected chi connectivity index (χ0v) is 20.8. The second-order valence-corrected chi connectivity index (χ2v) is 8.64. The Hall–Kier alpha value is -4.85. The number of esters is 1. The Morgan fingerprint density at radius 2 is 1.87 bits per heavy atom. The zero-order chi connectivity index (χ0) is 27.4. The Kier molecular flexibility index (Phi) is 7.62. The van der Waals surface area contributed by atoms with E-state index >= 15 is 0 Å². The molecule has 4 rings (SSSR count). The van der Waals surface area contributed by atoms with Gasteiger partial charge in [0, 0.05) is 11.8 Å². The van der Waals surface area contributed by atoms with Crippen LogP contribution in [-0.2, 0) is 14.3 Å². The molecule has 38 heavy (non-hydrogen) atoms. The van der Waals surface area contributed by atoms with Crippen LogP contribution in [0.1, 0.15) is 38.7 Å². The molecule has 3 amide bonds. The maximum atomic E-state index is 14.0. The molecule has 0 saturated heterocycles. The van der Waals surface area contributed by atoms with Crippen LogP contribution in [0.5, 0.6) is 17.2 Å². The number of ether oxygens (including phenoxy) is 3. The molecule has 0 unspecified atom stereocenters. The average molecular weight is 542 g/mol. The van der Waals surface area contributed by atoms with E-state index in [2.05, 4.69) is 9.69 Å². The number of carbonyl (C=O) groups excluding carboxylic acids is 4. The lowest BCUT2D eigenvalue weighted by Crippen LogP contribution is -2.45. The molecule has 2 heterocycles. The van der Waals surface area contributed by atoms with Crippen LogP contribution in [0.3, 0.4) is 0 Å². The van der Waals surface area contributed by atoms with Crippen LogP contribution < -0.4 is 31.2 Å². The lowest BCUT2D eigenvalue weighted by Gasteiger charge is -2.31. The number of phenols is 1. The molecule has 0 fully saturated rings. The molecular weight excluding hydrogens is 518 g/mol. The summed E-state index contributed by atoms with van der Waals surface area (Å²) < 4.78 is 19.6. The van der Waals surface area contributed by atoms with E-state index in [1.165, 1.54) is 36.4 Å². The van der Waals surface area contributed by atoms with Gasteiger partial charge in [-0.05, 0) is 48.3 Å². The van der Waals surface area contributed by atoms with Gasteiger partial charge in [0.15, 0.2) is 17.2 Å². The molecule has 1 aliphatic heterocycles. The molecule has 0 bridgehead atoms. The molecule has 1 atom stereocenters. The number of primary amides is 1. The summed E-state index contributed by atoms with van der Waals surface area (Å²) in [5, 5.41) is 12.3. The van der Waals surface area contributed by atoms with Crippen LogP contribution in [0.15, 0.2) is 42.5 Å². The minimum atomic E-state index is -1.38. The van der Waals surface area contributed by atoms with Gasteiger partial charge in [0.2, 0.25) is 12.7 Å². The molecule has 0 aliphatic carbocycles. The topological polar surface area (TPSA) is 196 Å². The Bertz CT molecular complexity index is 1390. The van der Waals surface area contributed by atoms with Crippen LogP contribution in [-0.4, -0.2) is 53.1 Å². The number of amides is 3. The van der Waals surface area contributed by atoms with Crippen molar-refractivity contribution in [3.8, 4) is 17.2 Å². The maximum absolute atomic E-state index is 14.0. The van der Waals surface area contributed by atoms with Crippen LogP contribution in [0, 0.1) is 0 Å². The summed E-state index contributed by atoms with van der Waals surface area (Å²) in [4.78, 5) is 52.2.